The summed E-state index contributed by atoms with van der Waals surface area (Å²) in [6, 6.07) is 58.5. The van der Waals surface area contributed by atoms with E-state index in [1.807, 2.05) is 0 Å². The summed E-state index contributed by atoms with van der Waals surface area (Å²) < 4.78 is 0. The van der Waals surface area contributed by atoms with Crippen molar-refractivity contribution in [2.45, 2.75) is 39.7 Å². The van der Waals surface area contributed by atoms with E-state index in [1.165, 1.54) is 31.9 Å². The van der Waals surface area contributed by atoms with Gasteiger partial charge in [0.05, 0.1) is 0 Å². The molecule has 0 atom stereocenters. The zero-order chi connectivity index (χ0) is 29.0. The standard InChI is InChI=1S/C40H40Si2/c1-4-21-38-40(41(5-2,34-24-13-7-14-25-34)35-26-15-8-16-27-35)39(33-22-11-6-12-23-33)32(3)42(38,36-28-17-9-18-29-36)37-30-19-10-20-31-37/h6-20,22-31H,4-5,21H2,1-3H3. The van der Waals surface area contributed by atoms with Gasteiger partial charge >= 0.3 is 0 Å². The maximum absolute atomic E-state index is 2.55. The molecule has 1 heterocycles. The maximum Gasteiger partial charge on any atom is 0.171 e. The highest BCUT2D eigenvalue weighted by atomic mass is 28.3. The second-order valence-corrected chi connectivity index (χ2v) is 19.6. The van der Waals surface area contributed by atoms with Crippen LogP contribution in [0.25, 0.3) is 5.57 Å². The van der Waals surface area contributed by atoms with Gasteiger partial charge in [-0.3, -0.25) is 0 Å². The number of hydrogen-bond acceptors (Lipinski definition) is 0. The Hall–Kier alpha value is -3.99. The van der Waals surface area contributed by atoms with Gasteiger partial charge in [0.1, 0.15) is 8.07 Å². The van der Waals surface area contributed by atoms with Gasteiger partial charge in [-0.15, -0.1) is 0 Å². The highest BCUT2D eigenvalue weighted by molar-refractivity contribution is 7.18. The van der Waals surface area contributed by atoms with E-state index in [0.717, 1.165) is 18.9 Å². The van der Waals surface area contributed by atoms with Gasteiger partial charge in [0.2, 0.25) is 0 Å². The lowest BCUT2D eigenvalue weighted by Gasteiger charge is -2.38. The zero-order valence-electron chi connectivity index (χ0n) is 25.1. The lowest BCUT2D eigenvalue weighted by atomic mass is 10.0. The quantitative estimate of drug-likeness (QED) is 0.158. The average Bonchev–Trinajstić information content (AvgIpc) is 3.33. The van der Waals surface area contributed by atoms with Gasteiger partial charge in [-0.05, 0) is 56.5 Å². The topological polar surface area (TPSA) is 0 Å². The minimum absolute atomic E-state index is 1.10. The van der Waals surface area contributed by atoms with Crippen molar-refractivity contribution in [3.8, 4) is 0 Å². The van der Waals surface area contributed by atoms with Crippen LogP contribution in [0.1, 0.15) is 39.2 Å². The monoisotopic (exact) mass is 576 g/mol. The van der Waals surface area contributed by atoms with E-state index in [4.69, 9.17) is 0 Å². The number of allylic oxidation sites excluding steroid dienone is 4. The molecule has 0 saturated heterocycles. The van der Waals surface area contributed by atoms with Gasteiger partial charge in [-0.25, -0.2) is 0 Å². The van der Waals surface area contributed by atoms with Crippen LogP contribution in [0, 0.1) is 0 Å². The van der Waals surface area contributed by atoms with Gasteiger partial charge in [0, 0.05) is 0 Å². The molecule has 5 aromatic carbocycles. The highest BCUT2D eigenvalue weighted by Crippen LogP contribution is 2.49. The Balaban J connectivity index is 1.86. The van der Waals surface area contributed by atoms with Gasteiger partial charge in [-0.2, -0.15) is 0 Å². The van der Waals surface area contributed by atoms with Gasteiger partial charge in [-0.1, -0.05) is 182 Å². The molecule has 0 spiro atoms. The molecule has 0 nitrogen and oxygen atoms in total. The summed E-state index contributed by atoms with van der Waals surface area (Å²) in [5, 5.41) is 11.0. The fourth-order valence-electron chi connectivity index (χ4n) is 7.75. The van der Waals surface area contributed by atoms with Crippen molar-refractivity contribution < 1.29 is 0 Å². The van der Waals surface area contributed by atoms with E-state index in [1.54, 1.807) is 15.6 Å². The Morgan fingerprint density at radius 2 is 0.929 bits per heavy atom. The fourth-order valence-corrected chi connectivity index (χ4v) is 19.6. The molecule has 1 aliphatic rings. The van der Waals surface area contributed by atoms with Crippen molar-refractivity contribution in [2.24, 2.45) is 0 Å². The Bertz CT molecular complexity index is 1610. The normalized spacial score (nSPS) is 14.8. The van der Waals surface area contributed by atoms with Crippen LogP contribution in [0.5, 0.6) is 0 Å². The first-order valence-electron chi connectivity index (χ1n) is 15.4. The fraction of sp³-hybridized carbons (Fsp3) is 0.150. The van der Waals surface area contributed by atoms with Crippen LogP contribution in [-0.4, -0.2) is 16.1 Å². The molecule has 0 saturated carbocycles. The minimum atomic E-state index is -2.55. The molecule has 42 heavy (non-hydrogen) atoms. The van der Waals surface area contributed by atoms with Crippen molar-refractivity contribution in [3.05, 3.63) is 173 Å². The van der Waals surface area contributed by atoms with E-state index >= 15 is 0 Å². The van der Waals surface area contributed by atoms with Crippen molar-refractivity contribution in [1.29, 1.82) is 0 Å². The molecule has 0 N–H and O–H groups in total. The molecule has 6 rings (SSSR count). The Kier molecular flexibility index (Phi) is 8.10. The van der Waals surface area contributed by atoms with E-state index in [-0.39, 0.29) is 0 Å². The number of rotatable bonds is 9. The second-order valence-electron chi connectivity index (χ2n) is 11.4. The maximum atomic E-state index is 2.49. The molecular formula is C40H40Si2. The van der Waals surface area contributed by atoms with E-state index in [9.17, 15) is 0 Å². The van der Waals surface area contributed by atoms with Crippen LogP contribution in [0.3, 0.4) is 0 Å². The van der Waals surface area contributed by atoms with Gasteiger partial charge in [0.15, 0.2) is 8.07 Å². The summed E-state index contributed by atoms with van der Waals surface area (Å²) in [6.07, 6.45) is 2.23. The lowest BCUT2D eigenvalue weighted by Crippen LogP contribution is -2.63. The predicted molar refractivity (Wildman–Crippen MR) is 187 cm³/mol. The van der Waals surface area contributed by atoms with Crippen LogP contribution in [-0.2, 0) is 0 Å². The summed E-state index contributed by atoms with van der Waals surface area (Å²) in [6.45, 7) is 7.31. The van der Waals surface area contributed by atoms with Crippen molar-refractivity contribution in [3.63, 3.8) is 0 Å². The third-order valence-electron chi connectivity index (χ3n) is 9.41. The smallest absolute Gasteiger partial charge is 0.0670 e. The SMILES string of the molecule is CCCC1=C([Si](CC)(c2ccccc2)c2ccccc2)C(c2ccccc2)=C(C)[Si]1(c1ccccc1)c1ccccc1. The van der Waals surface area contributed by atoms with Crippen molar-refractivity contribution in [1.82, 2.24) is 0 Å². The molecule has 0 unspecified atom stereocenters. The molecule has 0 aromatic heterocycles. The Morgan fingerprint density at radius 3 is 1.33 bits per heavy atom. The summed E-state index contributed by atoms with van der Waals surface area (Å²) in [5.74, 6) is 0. The van der Waals surface area contributed by atoms with Gasteiger partial charge in [0.25, 0.3) is 0 Å². The molecule has 0 bridgehead atoms. The molecule has 0 aliphatic carbocycles. The highest BCUT2D eigenvalue weighted by Gasteiger charge is 2.55. The van der Waals surface area contributed by atoms with Gasteiger partial charge < -0.3 is 0 Å². The molecule has 208 valence electrons. The van der Waals surface area contributed by atoms with Crippen LogP contribution >= 0.6 is 0 Å². The predicted octanol–water partition coefficient (Wildman–Crippen LogP) is 7.73. The Morgan fingerprint density at radius 1 is 0.524 bits per heavy atom. The molecule has 0 fully saturated rings. The summed E-state index contributed by atoms with van der Waals surface area (Å²) in [7, 11) is -5.02. The lowest BCUT2D eigenvalue weighted by molar-refractivity contribution is 0.937. The molecule has 5 aromatic rings. The van der Waals surface area contributed by atoms with E-state index in [2.05, 4.69) is 172 Å². The molecular weight excluding hydrogens is 537 g/mol. The van der Waals surface area contributed by atoms with Crippen LogP contribution < -0.4 is 20.7 Å². The van der Waals surface area contributed by atoms with E-state index in [0.29, 0.717) is 0 Å². The summed E-state index contributed by atoms with van der Waals surface area (Å²) in [4.78, 5) is 0. The third-order valence-corrected chi connectivity index (χ3v) is 19.9. The average molecular weight is 577 g/mol. The van der Waals surface area contributed by atoms with E-state index < -0.39 is 16.1 Å². The molecule has 0 radical (unpaired) electrons. The summed E-state index contributed by atoms with van der Waals surface area (Å²) in [5.41, 5.74) is 2.87. The van der Waals surface area contributed by atoms with Crippen LogP contribution in [0.2, 0.25) is 6.04 Å². The first kappa shape index (κ1) is 28.1. The van der Waals surface area contributed by atoms with Crippen molar-refractivity contribution in [2.75, 3.05) is 0 Å². The van der Waals surface area contributed by atoms with Crippen LogP contribution in [0.4, 0.5) is 0 Å². The number of hydrogen-bond donors (Lipinski definition) is 0. The number of benzene rings is 5. The minimum Gasteiger partial charge on any atom is -0.0670 e. The Labute approximate surface area is 254 Å². The molecule has 0 amide bonds. The van der Waals surface area contributed by atoms with Crippen LogP contribution in [0.15, 0.2) is 167 Å². The largest absolute Gasteiger partial charge is 0.171 e. The zero-order valence-corrected chi connectivity index (χ0v) is 27.1. The first-order chi connectivity index (χ1) is 20.7. The molecule has 2 heteroatoms. The summed E-state index contributed by atoms with van der Waals surface area (Å²) >= 11 is 0. The molecule has 1 aliphatic heterocycles. The third kappa shape index (κ3) is 4.41. The van der Waals surface area contributed by atoms with Crippen molar-refractivity contribution >= 4 is 42.5 Å². The second kappa shape index (κ2) is 12.1. The first-order valence-corrected chi connectivity index (χ1v) is 19.6.